The first kappa shape index (κ1) is 15.4. The van der Waals surface area contributed by atoms with Crippen LogP contribution in [0.4, 0.5) is 5.82 Å². The molecule has 0 spiro atoms. The van der Waals surface area contributed by atoms with Crippen LogP contribution in [0.2, 0.25) is 0 Å². The van der Waals surface area contributed by atoms with Crippen molar-refractivity contribution in [2.24, 2.45) is 0 Å². The third-order valence-corrected chi connectivity index (χ3v) is 5.01. The predicted molar refractivity (Wildman–Crippen MR) is 95.8 cm³/mol. The van der Waals surface area contributed by atoms with Crippen LogP contribution in [0.1, 0.15) is 48.6 Å². The highest BCUT2D eigenvalue weighted by molar-refractivity contribution is 5.39. The van der Waals surface area contributed by atoms with E-state index in [0.717, 1.165) is 43.3 Å². The Balaban J connectivity index is 1.38. The fourth-order valence-electron chi connectivity index (χ4n) is 3.29. The van der Waals surface area contributed by atoms with Crippen LogP contribution in [-0.2, 0) is 0 Å². The van der Waals surface area contributed by atoms with Gasteiger partial charge in [0.2, 0.25) is 0 Å². The Kier molecular flexibility index (Phi) is 4.13. The van der Waals surface area contributed by atoms with Gasteiger partial charge in [-0.05, 0) is 49.9 Å². The Hall–Kier alpha value is -2.10. The molecule has 0 N–H and O–H groups in total. The van der Waals surface area contributed by atoms with E-state index in [9.17, 15) is 0 Å². The van der Waals surface area contributed by atoms with Gasteiger partial charge < -0.3 is 9.64 Å². The van der Waals surface area contributed by atoms with Gasteiger partial charge in [-0.3, -0.25) is 0 Å². The Morgan fingerprint density at radius 3 is 2.58 bits per heavy atom. The summed E-state index contributed by atoms with van der Waals surface area (Å²) in [7, 11) is 0. The molecule has 0 bridgehead atoms. The van der Waals surface area contributed by atoms with Crippen molar-refractivity contribution in [1.82, 2.24) is 9.97 Å². The van der Waals surface area contributed by atoms with Crippen LogP contribution < -0.4 is 9.64 Å². The topological polar surface area (TPSA) is 38.2 Å². The van der Waals surface area contributed by atoms with Crippen LogP contribution in [0.25, 0.3) is 0 Å². The number of aromatic nitrogens is 2. The first-order chi connectivity index (χ1) is 11.7. The van der Waals surface area contributed by atoms with E-state index in [1.54, 1.807) is 0 Å². The number of hydrogen-bond acceptors (Lipinski definition) is 4. The molecule has 1 aromatic carbocycles. The highest BCUT2D eigenvalue weighted by atomic mass is 16.5. The normalized spacial score (nSPS) is 18.7. The second kappa shape index (κ2) is 6.42. The summed E-state index contributed by atoms with van der Waals surface area (Å²) in [6.45, 7) is 6.22. The maximum absolute atomic E-state index is 6.26. The average molecular weight is 323 g/mol. The van der Waals surface area contributed by atoms with Crippen LogP contribution in [0, 0.1) is 13.8 Å². The van der Waals surface area contributed by atoms with E-state index in [-0.39, 0.29) is 0 Å². The van der Waals surface area contributed by atoms with Crippen molar-refractivity contribution in [1.29, 1.82) is 0 Å². The first-order valence-corrected chi connectivity index (χ1v) is 9.01. The minimum absolute atomic E-state index is 0.298. The number of aryl methyl sites for hydroxylation is 2. The van der Waals surface area contributed by atoms with Gasteiger partial charge in [-0.15, -0.1) is 0 Å². The maximum Gasteiger partial charge on any atom is 0.133 e. The number of rotatable bonds is 4. The third kappa shape index (κ3) is 3.37. The minimum atomic E-state index is 0.298. The SMILES string of the molecule is Cc1ccc(C)c(OC2CCN(c3ccnc(C4CC4)n3)CC2)c1. The van der Waals surface area contributed by atoms with Crippen molar-refractivity contribution < 1.29 is 4.74 Å². The van der Waals surface area contributed by atoms with Crippen molar-refractivity contribution in [2.45, 2.75) is 51.6 Å². The molecule has 1 aliphatic carbocycles. The zero-order valence-corrected chi connectivity index (χ0v) is 14.5. The van der Waals surface area contributed by atoms with Crippen molar-refractivity contribution >= 4 is 5.82 Å². The fraction of sp³-hybridized carbons (Fsp3) is 0.500. The zero-order chi connectivity index (χ0) is 16.5. The molecule has 4 nitrogen and oxygen atoms in total. The van der Waals surface area contributed by atoms with Gasteiger partial charge in [0.05, 0.1) is 0 Å². The predicted octanol–water partition coefficient (Wildman–Crippen LogP) is 4.02. The van der Waals surface area contributed by atoms with Gasteiger partial charge in [-0.2, -0.15) is 0 Å². The molecule has 0 amide bonds. The molecule has 4 rings (SSSR count). The zero-order valence-electron chi connectivity index (χ0n) is 14.5. The molecule has 2 aromatic rings. The van der Waals surface area contributed by atoms with Crippen molar-refractivity contribution in [3.8, 4) is 5.75 Å². The molecular formula is C20H25N3O. The quantitative estimate of drug-likeness (QED) is 0.852. The molecule has 2 heterocycles. The Labute approximate surface area is 143 Å². The number of nitrogens with zero attached hydrogens (tertiary/aromatic N) is 3. The van der Waals surface area contributed by atoms with E-state index in [2.05, 4.69) is 41.9 Å². The Morgan fingerprint density at radius 1 is 1.04 bits per heavy atom. The van der Waals surface area contributed by atoms with E-state index < -0.39 is 0 Å². The van der Waals surface area contributed by atoms with Crippen LogP contribution in [0.3, 0.4) is 0 Å². The van der Waals surface area contributed by atoms with E-state index in [0.29, 0.717) is 12.0 Å². The summed E-state index contributed by atoms with van der Waals surface area (Å²) < 4.78 is 6.26. The highest BCUT2D eigenvalue weighted by Crippen LogP contribution is 2.38. The third-order valence-electron chi connectivity index (χ3n) is 5.01. The van der Waals surface area contributed by atoms with Gasteiger partial charge in [0.15, 0.2) is 0 Å². The second-order valence-corrected chi connectivity index (χ2v) is 7.12. The molecular weight excluding hydrogens is 298 g/mol. The molecule has 1 saturated heterocycles. The largest absolute Gasteiger partial charge is 0.490 e. The van der Waals surface area contributed by atoms with E-state index in [1.165, 1.54) is 24.0 Å². The minimum Gasteiger partial charge on any atom is -0.490 e. The Morgan fingerprint density at radius 2 is 1.83 bits per heavy atom. The summed E-state index contributed by atoms with van der Waals surface area (Å²) in [5.74, 6) is 3.75. The van der Waals surface area contributed by atoms with Gasteiger partial charge in [-0.25, -0.2) is 9.97 Å². The standard InChI is InChI=1S/C20H25N3O/c1-14-3-4-15(2)18(13-14)24-17-8-11-23(12-9-17)19-7-10-21-20(22-19)16-5-6-16/h3-4,7,10,13,16-17H,5-6,8-9,11-12H2,1-2H3. The van der Waals surface area contributed by atoms with E-state index >= 15 is 0 Å². The molecule has 0 radical (unpaired) electrons. The molecule has 24 heavy (non-hydrogen) atoms. The van der Waals surface area contributed by atoms with Gasteiger partial charge in [0.25, 0.3) is 0 Å². The molecule has 4 heteroatoms. The molecule has 2 fully saturated rings. The monoisotopic (exact) mass is 323 g/mol. The number of hydrogen-bond donors (Lipinski definition) is 0. The molecule has 1 saturated carbocycles. The lowest BCUT2D eigenvalue weighted by Crippen LogP contribution is -2.38. The first-order valence-electron chi connectivity index (χ1n) is 9.01. The molecule has 0 unspecified atom stereocenters. The summed E-state index contributed by atoms with van der Waals surface area (Å²) in [4.78, 5) is 11.6. The lowest BCUT2D eigenvalue weighted by Gasteiger charge is -2.33. The summed E-state index contributed by atoms with van der Waals surface area (Å²) in [6, 6.07) is 8.46. The number of ether oxygens (including phenoxy) is 1. The highest BCUT2D eigenvalue weighted by Gasteiger charge is 2.28. The van der Waals surface area contributed by atoms with Gasteiger partial charge in [-0.1, -0.05) is 12.1 Å². The van der Waals surface area contributed by atoms with Crippen LogP contribution in [-0.4, -0.2) is 29.2 Å². The van der Waals surface area contributed by atoms with Crippen LogP contribution in [0.15, 0.2) is 30.5 Å². The van der Waals surface area contributed by atoms with Crippen molar-refractivity contribution in [2.75, 3.05) is 18.0 Å². The Bertz CT molecular complexity index is 719. The van der Waals surface area contributed by atoms with Crippen LogP contribution in [0.5, 0.6) is 5.75 Å². The van der Waals surface area contributed by atoms with Crippen LogP contribution >= 0.6 is 0 Å². The second-order valence-electron chi connectivity index (χ2n) is 7.12. The van der Waals surface area contributed by atoms with Crippen molar-refractivity contribution in [3.05, 3.63) is 47.4 Å². The molecule has 126 valence electrons. The van der Waals surface area contributed by atoms with Crippen molar-refractivity contribution in [3.63, 3.8) is 0 Å². The summed E-state index contributed by atoms with van der Waals surface area (Å²) in [5, 5.41) is 0. The van der Waals surface area contributed by atoms with Gasteiger partial charge in [0.1, 0.15) is 23.5 Å². The lowest BCUT2D eigenvalue weighted by atomic mass is 10.1. The van der Waals surface area contributed by atoms with E-state index in [4.69, 9.17) is 9.72 Å². The fourth-order valence-corrected chi connectivity index (χ4v) is 3.29. The lowest BCUT2D eigenvalue weighted by molar-refractivity contribution is 0.169. The summed E-state index contributed by atoms with van der Waals surface area (Å²) in [6.07, 6.45) is 6.78. The smallest absolute Gasteiger partial charge is 0.133 e. The van der Waals surface area contributed by atoms with E-state index in [1.807, 2.05) is 12.3 Å². The number of anilines is 1. The number of piperidine rings is 1. The summed E-state index contributed by atoms with van der Waals surface area (Å²) in [5.41, 5.74) is 2.47. The molecule has 0 atom stereocenters. The molecule has 1 aliphatic heterocycles. The summed E-state index contributed by atoms with van der Waals surface area (Å²) >= 11 is 0. The van der Waals surface area contributed by atoms with Gasteiger partial charge >= 0.3 is 0 Å². The average Bonchev–Trinajstić information content (AvgIpc) is 3.44. The molecule has 2 aliphatic rings. The maximum atomic E-state index is 6.26. The number of benzene rings is 1. The van der Waals surface area contributed by atoms with Gasteiger partial charge in [0, 0.05) is 38.0 Å². The molecule has 1 aromatic heterocycles.